The number of ether oxygens (including phenoxy) is 2. The molecule has 438 valence electrons. The average Bonchev–Trinajstić information content (AvgIpc) is 3.98. The minimum atomic E-state index is -4.60. The van der Waals surface area contributed by atoms with Gasteiger partial charge < -0.3 is 50.8 Å². The number of carbonyl (C=O) groups excluding carboxylic acids is 6. The standard InChI is InChI=1S/C58H82F3N11O8/c1-35(2)70(4)41-17-23-49(48(32-41)65-36(3)73)72-28-24-47(57(72)78)68-54-44-31-39(58(59,60)61)14-22-46(44)67-50(69-54)10-7-26-63-55(76)37-12-15-40(16-13-37)66-51(74)11-8-29-79-42-18-20-43(21-19-42)80-30-27-64-56(77)45-33-52(75)71(5)53(45)38-9-6-25-62-34-38/h6,9,14,22,25,31,34-35,37,40-43,45,47-49,53H,7-8,10-13,15-21,23-24,26-30,32-33H2,1-5H3,(H,63,76)(H,64,77)(H,65,73)(H,66,74)(H,67,68,69)/t37-,40-,41?,42-,43-,45-,47-,48+,49-,53+/m0/s1. The fourth-order valence-electron chi connectivity index (χ4n) is 12.5. The molecule has 0 radical (unpaired) electrons. The molecule has 3 aliphatic carbocycles. The fourth-order valence-corrected chi connectivity index (χ4v) is 12.5. The predicted octanol–water partition coefficient (Wildman–Crippen LogP) is 6.01. The zero-order chi connectivity index (χ0) is 57.1. The van der Waals surface area contributed by atoms with E-state index in [2.05, 4.69) is 67.3 Å². The summed E-state index contributed by atoms with van der Waals surface area (Å²) < 4.78 is 54.1. The van der Waals surface area contributed by atoms with E-state index in [1.807, 2.05) is 11.0 Å². The lowest BCUT2D eigenvalue weighted by molar-refractivity contribution is -0.137. The summed E-state index contributed by atoms with van der Waals surface area (Å²) in [6.45, 7) is 7.71. The molecule has 2 aliphatic heterocycles. The number of benzene rings is 1. The smallest absolute Gasteiger partial charge is 0.378 e. The number of aromatic nitrogens is 3. The number of hydrogen-bond donors (Lipinski definition) is 5. The number of halogens is 3. The van der Waals surface area contributed by atoms with Crippen molar-refractivity contribution in [1.29, 1.82) is 0 Å². The third-order valence-electron chi connectivity index (χ3n) is 17.2. The number of hydrogen-bond acceptors (Lipinski definition) is 13. The number of carbonyl (C=O) groups is 6. The van der Waals surface area contributed by atoms with Crippen LogP contribution in [-0.4, -0.2) is 160 Å². The Labute approximate surface area is 467 Å². The van der Waals surface area contributed by atoms with Crippen LogP contribution in [0.3, 0.4) is 0 Å². The number of likely N-dealkylation sites (tertiary alicyclic amines) is 2. The summed E-state index contributed by atoms with van der Waals surface area (Å²) in [4.78, 5) is 97.3. The molecule has 0 spiro atoms. The van der Waals surface area contributed by atoms with Crippen LogP contribution in [-0.2, 0) is 50.8 Å². The van der Waals surface area contributed by atoms with Gasteiger partial charge in [-0.1, -0.05) is 6.07 Å². The molecular formula is C58H82F3N11O8. The van der Waals surface area contributed by atoms with Gasteiger partial charge in [-0.05, 0) is 141 Å². The van der Waals surface area contributed by atoms with Gasteiger partial charge in [-0.2, -0.15) is 13.2 Å². The molecule has 80 heavy (non-hydrogen) atoms. The summed E-state index contributed by atoms with van der Waals surface area (Å²) in [5, 5.41) is 15.6. The predicted molar refractivity (Wildman–Crippen MR) is 293 cm³/mol. The van der Waals surface area contributed by atoms with Crippen molar-refractivity contribution in [2.24, 2.45) is 11.8 Å². The van der Waals surface area contributed by atoms with Crippen LogP contribution in [0.1, 0.15) is 146 Å². The van der Waals surface area contributed by atoms with Crippen molar-refractivity contribution in [2.75, 3.05) is 52.3 Å². The molecule has 3 saturated carbocycles. The molecule has 6 atom stereocenters. The molecule has 4 heterocycles. The first kappa shape index (κ1) is 60.1. The second kappa shape index (κ2) is 27.6. The van der Waals surface area contributed by atoms with E-state index in [4.69, 9.17) is 9.47 Å². The van der Waals surface area contributed by atoms with Gasteiger partial charge in [-0.15, -0.1) is 0 Å². The number of alkyl halides is 3. The highest BCUT2D eigenvalue weighted by Crippen LogP contribution is 2.38. The number of amides is 6. The second-order valence-electron chi connectivity index (χ2n) is 22.9. The zero-order valence-electron chi connectivity index (χ0n) is 47.0. The lowest BCUT2D eigenvalue weighted by atomic mass is 9.84. The second-order valence-corrected chi connectivity index (χ2v) is 22.9. The van der Waals surface area contributed by atoms with E-state index in [1.165, 1.54) is 13.0 Å². The highest BCUT2D eigenvalue weighted by Gasteiger charge is 2.45. The van der Waals surface area contributed by atoms with Crippen molar-refractivity contribution >= 4 is 52.2 Å². The normalized spacial score (nSPS) is 26.5. The molecule has 5 aliphatic rings. The van der Waals surface area contributed by atoms with E-state index in [0.29, 0.717) is 121 Å². The van der Waals surface area contributed by atoms with Crippen molar-refractivity contribution in [3.63, 3.8) is 0 Å². The van der Waals surface area contributed by atoms with Gasteiger partial charge in [-0.25, -0.2) is 9.97 Å². The van der Waals surface area contributed by atoms with Crippen LogP contribution in [0.2, 0.25) is 0 Å². The maximum absolute atomic E-state index is 14.1. The zero-order valence-corrected chi connectivity index (χ0v) is 47.0. The summed E-state index contributed by atoms with van der Waals surface area (Å²) >= 11 is 0. The molecule has 5 fully saturated rings. The van der Waals surface area contributed by atoms with Crippen LogP contribution >= 0.6 is 0 Å². The van der Waals surface area contributed by atoms with E-state index in [9.17, 15) is 41.9 Å². The summed E-state index contributed by atoms with van der Waals surface area (Å²) in [5.74, 6) is -0.855. The molecule has 8 rings (SSSR count). The SMILES string of the molecule is CC(=O)N[C@@H]1CC(N(C)C(C)C)CC[C@@H]1N1CC[C@H](Nc2nc(CCCNC(=O)[C@H]3CC[C@H](NC(=O)CCCO[C@H]4CC[C@H](OCCNC(=O)[C@H]5CC(=O)N(C)[C@@H]5c5cccnc5)CC4)CC3)nc3ccc(C(F)(F)F)cc23)C1=O. The largest absolute Gasteiger partial charge is 0.416 e. The van der Waals surface area contributed by atoms with Crippen molar-refractivity contribution < 1.29 is 51.4 Å². The Hall–Kier alpha value is -6.00. The number of nitrogens with one attached hydrogen (secondary N) is 5. The number of rotatable bonds is 23. The number of pyridine rings is 1. The van der Waals surface area contributed by atoms with Gasteiger partial charge in [0.15, 0.2) is 0 Å². The molecule has 1 unspecified atom stereocenters. The van der Waals surface area contributed by atoms with Crippen LogP contribution < -0.4 is 26.6 Å². The van der Waals surface area contributed by atoms with Gasteiger partial charge in [0.05, 0.1) is 53.9 Å². The Morgan fingerprint density at radius 3 is 2.26 bits per heavy atom. The third kappa shape index (κ3) is 15.7. The van der Waals surface area contributed by atoms with Gasteiger partial charge in [-0.3, -0.25) is 33.8 Å². The van der Waals surface area contributed by atoms with E-state index >= 15 is 0 Å². The van der Waals surface area contributed by atoms with E-state index in [0.717, 1.165) is 49.8 Å². The first-order chi connectivity index (χ1) is 38.3. The highest BCUT2D eigenvalue weighted by atomic mass is 19.4. The average molecular weight is 1120 g/mol. The quantitative estimate of drug-likeness (QED) is 0.0687. The molecular weight excluding hydrogens is 1040 g/mol. The van der Waals surface area contributed by atoms with Gasteiger partial charge >= 0.3 is 6.18 Å². The van der Waals surface area contributed by atoms with Crippen molar-refractivity contribution in [1.82, 2.24) is 50.9 Å². The highest BCUT2D eigenvalue weighted by molar-refractivity contribution is 5.94. The Balaban J connectivity index is 0.708. The van der Waals surface area contributed by atoms with Crippen LogP contribution in [0.5, 0.6) is 0 Å². The monoisotopic (exact) mass is 1120 g/mol. The number of anilines is 1. The van der Waals surface area contributed by atoms with Crippen molar-refractivity contribution in [3.8, 4) is 0 Å². The molecule has 2 saturated heterocycles. The minimum absolute atomic E-state index is 0.00590. The number of nitrogens with zero attached hydrogens (tertiary/aromatic N) is 6. The molecule has 19 nitrogen and oxygen atoms in total. The van der Waals surface area contributed by atoms with E-state index < -0.39 is 23.7 Å². The van der Waals surface area contributed by atoms with Gasteiger partial charge in [0.25, 0.3) is 0 Å². The maximum atomic E-state index is 14.1. The molecule has 3 aromatic rings. The van der Waals surface area contributed by atoms with Crippen LogP contribution in [0.25, 0.3) is 10.9 Å². The lowest BCUT2D eigenvalue weighted by Crippen LogP contribution is -2.58. The summed E-state index contributed by atoms with van der Waals surface area (Å²) in [7, 11) is 3.79. The van der Waals surface area contributed by atoms with Gasteiger partial charge in [0.2, 0.25) is 35.4 Å². The Morgan fingerprint density at radius 1 is 0.850 bits per heavy atom. The molecule has 0 bridgehead atoms. The summed E-state index contributed by atoms with van der Waals surface area (Å²) in [6, 6.07) is 6.00. The van der Waals surface area contributed by atoms with Crippen molar-refractivity contribution in [3.05, 3.63) is 59.7 Å². The Morgan fingerprint density at radius 2 is 1.57 bits per heavy atom. The molecule has 2 aromatic heterocycles. The number of aryl methyl sites for hydroxylation is 1. The van der Waals surface area contributed by atoms with Crippen LogP contribution in [0.4, 0.5) is 19.0 Å². The lowest BCUT2D eigenvalue weighted by Gasteiger charge is -2.44. The Kier molecular flexibility index (Phi) is 20.8. The summed E-state index contributed by atoms with van der Waals surface area (Å²) in [5.41, 5.74) is 0.285. The van der Waals surface area contributed by atoms with Crippen LogP contribution in [0, 0.1) is 11.8 Å². The fraction of sp³-hybridized carbons (Fsp3) is 0.672. The van der Waals surface area contributed by atoms with E-state index in [1.54, 1.807) is 30.4 Å². The topological polar surface area (TPSA) is 229 Å². The third-order valence-corrected chi connectivity index (χ3v) is 17.2. The van der Waals surface area contributed by atoms with Crippen LogP contribution in [0.15, 0.2) is 42.7 Å². The summed E-state index contributed by atoms with van der Waals surface area (Å²) in [6.07, 6.45) is 9.56. The Bertz CT molecular complexity index is 2620. The molecule has 1 aromatic carbocycles. The van der Waals surface area contributed by atoms with E-state index in [-0.39, 0.29) is 101 Å². The molecule has 6 amide bonds. The maximum Gasteiger partial charge on any atom is 0.416 e. The number of fused-ring (bicyclic) bond motifs is 1. The van der Waals surface area contributed by atoms with Gasteiger partial charge in [0.1, 0.15) is 17.7 Å². The molecule has 22 heteroatoms. The van der Waals surface area contributed by atoms with Gasteiger partial charge in [0, 0.05) is 101 Å². The first-order valence-corrected chi connectivity index (χ1v) is 29.0. The minimum Gasteiger partial charge on any atom is -0.378 e. The van der Waals surface area contributed by atoms with Crippen molar-refractivity contribution in [2.45, 2.75) is 191 Å². The first-order valence-electron chi connectivity index (χ1n) is 29.0. The molecule has 5 N–H and O–H groups in total.